The maximum Gasteiger partial charge on any atom is 0.240 e. The molecule has 2 aliphatic heterocycles. The van der Waals surface area contributed by atoms with Gasteiger partial charge in [-0.3, -0.25) is 9.36 Å². The van der Waals surface area contributed by atoms with Crippen LogP contribution in [0.3, 0.4) is 0 Å². The first-order valence-corrected chi connectivity index (χ1v) is 13.5. The summed E-state index contributed by atoms with van der Waals surface area (Å²) in [5.74, 6) is 3.43. The topological polar surface area (TPSA) is 106 Å². The molecule has 0 spiro atoms. The number of piperazine rings is 1. The number of hydrogen-bond acceptors (Lipinski definition) is 8. The summed E-state index contributed by atoms with van der Waals surface area (Å²) in [5.41, 5.74) is 3.39. The summed E-state index contributed by atoms with van der Waals surface area (Å²) in [5, 5.41) is 3.36. The second-order valence-corrected chi connectivity index (χ2v) is 10.3. The van der Waals surface area contributed by atoms with Crippen molar-refractivity contribution in [2.24, 2.45) is 13.0 Å². The molecule has 2 aliphatic rings. The average molecular weight is 518 g/mol. The fourth-order valence-electron chi connectivity index (χ4n) is 5.45. The van der Waals surface area contributed by atoms with Crippen LogP contribution in [0.4, 0.5) is 5.82 Å². The van der Waals surface area contributed by atoms with E-state index in [0.29, 0.717) is 32.3 Å². The van der Waals surface area contributed by atoms with Gasteiger partial charge >= 0.3 is 0 Å². The number of benzene rings is 1. The Labute approximate surface area is 221 Å². The van der Waals surface area contributed by atoms with Crippen LogP contribution in [0, 0.1) is 5.92 Å². The van der Waals surface area contributed by atoms with Crippen LogP contribution in [-0.4, -0.2) is 85.3 Å². The lowest BCUT2D eigenvalue weighted by molar-refractivity contribution is -0.137. The summed E-state index contributed by atoms with van der Waals surface area (Å²) >= 11 is 0. The van der Waals surface area contributed by atoms with E-state index in [1.54, 1.807) is 0 Å². The molecule has 1 unspecified atom stereocenters. The van der Waals surface area contributed by atoms with Gasteiger partial charge in [-0.1, -0.05) is 32.9 Å². The Hall–Kier alpha value is -3.57. The van der Waals surface area contributed by atoms with Crippen molar-refractivity contribution in [2.45, 2.75) is 39.8 Å². The van der Waals surface area contributed by atoms with Gasteiger partial charge in [-0.15, -0.1) is 0 Å². The average Bonchev–Trinajstić information content (AvgIpc) is 3.47. The molecule has 200 valence electrons. The fraction of sp³-hybridized carbons (Fsp3) is 0.519. The van der Waals surface area contributed by atoms with E-state index in [9.17, 15) is 4.79 Å². The molecule has 0 aliphatic carbocycles. The van der Waals surface area contributed by atoms with Gasteiger partial charge in [0, 0.05) is 39.6 Å². The number of carbonyl (C=O) groups is 1. The molecule has 38 heavy (non-hydrogen) atoms. The Morgan fingerprint density at radius 2 is 1.84 bits per heavy atom. The molecule has 1 atom stereocenters. The molecule has 1 N–H and O–H groups in total. The number of nitrogens with one attached hydrogen (secondary N) is 1. The Bertz CT molecular complexity index is 1490. The number of ether oxygens (including phenoxy) is 1. The second-order valence-electron chi connectivity index (χ2n) is 10.3. The van der Waals surface area contributed by atoms with E-state index >= 15 is 0 Å². The lowest BCUT2D eigenvalue weighted by atomic mass is 10.0. The second kappa shape index (κ2) is 9.95. The van der Waals surface area contributed by atoms with Crippen LogP contribution in [0.2, 0.25) is 0 Å². The van der Waals surface area contributed by atoms with Crippen molar-refractivity contribution in [3.05, 3.63) is 35.9 Å². The predicted molar refractivity (Wildman–Crippen MR) is 145 cm³/mol. The van der Waals surface area contributed by atoms with Crippen molar-refractivity contribution in [1.82, 2.24) is 39.3 Å². The number of anilines is 1. The quantitative estimate of drug-likeness (QED) is 0.414. The number of fused-ring (bicyclic) bond motifs is 2. The van der Waals surface area contributed by atoms with Crippen LogP contribution in [0.1, 0.15) is 32.4 Å². The number of morpholine rings is 1. The molecular formula is C27H35N9O2. The molecule has 11 nitrogen and oxygen atoms in total. The molecule has 0 saturated carbocycles. The van der Waals surface area contributed by atoms with Crippen LogP contribution in [0.15, 0.2) is 24.3 Å². The van der Waals surface area contributed by atoms with Gasteiger partial charge in [-0.05, 0) is 18.1 Å². The first-order chi connectivity index (χ1) is 18.5. The lowest BCUT2D eigenvalue weighted by Gasteiger charge is -2.34. The normalized spacial score (nSPS) is 18.9. The molecule has 5 heterocycles. The van der Waals surface area contributed by atoms with Gasteiger partial charge in [0.05, 0.1) is 36.8 Å². The van der Waals surface area contributed by atoms with Gasteiger partial charge in [-0.2, -0.15) is 9.97 Å². The zero-order valence-corrected chi connectivity index (χ0v) is 22.5. The number of rotatable bonds is 6. The molecule has 1 aromatic carbocycles. The van der Waals surface area contributed by atoms with Crippen molar-refractivity contribution in [2.75, 3.05) is 44.3 Å². The van der Waals surface area contributed by atoms with Gasteiger partial charge in [0.2, 0.25) is 11.9 Å². The third-order valence-electron chi connectivity index (χ3n) is 7.56. The Balaban J connectivity index is 1.48. The Kier molecular flexibility index (Phi) is 6.48. The van der Waals surface area contributed by atoms with E-state index in [1.807, 2.05) is 34.7 Å². The summed E-state index contributed by atoms with van der Waals surface area (Å²) in [6, 6.07) is 7.91. The van der Waals surface area contributed by atoms with E-state index in [1.165, 1.54) is 0 Å². The molecule has 1 amide bonds. The van der Waals surface area contributed by atoms with Gasteiger partial charge in [-0.25, -0.2) is 9.97 Å². The van der Waals surface area contributed by atoms with Crippen molar-refractivity contribution in [3.8, 4) is 5.95 Å². The summed E-state index contributed by atoms with van der Waals surface area (Å²) < 4.78 is 9.69. The van der Waals surface area contributed by atoms with Crippen LogP contribution in [0.5, 0.6) is 0 Å². The lowest BCUT2D eigenvalue weighted by Crippen LogP contribution is -2.56. The van der Waals surface area contributed by atoms with E-state index in [2.05, 4.69) is 41.6 Å². The first-order valence-electron chi connectivity index (χ1n) is 13.5. The van der Waals surface area contributed by atoms with E-state index in [0.717, 1.165) is 65.7 Å². The zero-order valence-electron chi connectivity index (χ0n) is 22.5. The molecule has 0 radical (unpaired) electrons. The highest BCUT2D eigenvalue weighted by Crippen LogP contribution is 2.29. The molecule has 2 fully saturated rings. The summed E-state index contributed by atoms with van der Waals surface area (Å²) in [6.07, 6.45) is 0.752. The van der Waals surface area contributed by atoms with Crippen molar-refractivity contribution < 1.29 is 9.53 Å². The number of hydrogen-bond donors (Lipinski definition) is 1. The van der Waals surface area contributed by atoms with Crippen LogP contribution >= 0.6 is 0 Å². The Morgan fingerprint density at radius 3 is 2.61 bits per heavy atom. The van der Waals surface area contributed by atoms with Gasteiger partial charge < -0.3 is 24.4 Å². The summed E-state index contributed by atoms with van der Waals surface area (Å²) in [4.78, 5) is 37.3. The van der Waals surface area contributed by atoms with Crippen molar-refractivity contribution in [3.63, 3.8) is 0 Å². The number of para-hydroxylation sites is 2. The number of imidazole rings is 2. The minimum Gasteiger partial charge on any atom is -0.378 e. The number of aromatic nitrogens is 6. The molecule has 3 aromatic heterocycles. The van der Waals surface area contributed by atoms with Gasteiger partial charge in [0.1, 0.15) is 11.6 Å². The molecule has 6 rings (SSSR count). The van der Waals surface area contributed by atoms with Gasteiger partial charge in [0.15, 0.2) is 17.0 Å². The minimum absolute atomic E-state index is 0.121. The van der Waals surface area contributed by atoms with E-state index in [-0.39, 0.29) is 17.9 Å². The molecule has 2 saturated heterocycles. The molecule has 11 heteroatoms. The van der Waals surface area contributed by atoms with Crippen LogP contribution in [0.25, 0.3) is 28.1 Å². The maximum absolute atomic E-state index is 13.2. The highest BCUT2D eigenvalue weighted by Gasteiger charge is 2.32. The number of aryl methyl sites for hydroxylation is 2. The molecule has 4 aromatic rings. The minimum atomic E-state index is -0.171. The molecule has 0 bridgehead atoms. The number of carbonyl (C=O) groups excluding carboxylic acids is 1. The Morgan fingerprint density at radius 1 is 1.05 bits per heavy atom. The van der Waals surface area contributed by atoms with Crippen LogP contribution < -0.4 is 10.2 Å². The standard InChI is InChI=1S/C27H35N9O2/c1-5-20-29-18-8-6-7-9-19(18)36(20)27-31-24-23(25(32-27)34-12-14-38-15-13-34)30-21(33(24)4)16-35-11-10-28-22(17(2)3)26(35)37/h6-9,17,22,28H,5,10-16H2,1-4H3. The maximum atomic E-state index is 13.2. The third kappa shape index (κ3) is 4.19. The highest BCUT2D eigenvalue weighted by atomic mass is 16.5. The smallest absolute Gasteiger partial charge is 0.240 e. The van der Waals surface area contributed by atoms with Gasteiger partial charge in [0.25, 0.3) is 0 Å². The van der Waals surface area contributed by atoms with Crippen LogP contribution in [-0.2, 0) is 29.5 Å². The number of nitrogens with zero attached hydrogens (tertiary/aromatic N) is 8. The molecular weight excluding hydrogens is 482 g/mol. The first kappa shape index (κ1) is 24.7. The predicted octanol–water partition coefficient (Wildman–Crippen LogP) is 2.06. The largest absolute Gasteiger partial charge is 0.378 e. The summed E-state index contributed by atoms with van der Waals surface area (Å²) in [7, 11) is 1.98. The zero-order chi connectivity index (χ0) is 26.4. The van der Waals surface area contributed by atoms with E-state index in [4.69, 9.17) is 24.7 Å². The highest BCUT2D eigenvalue weighted by molar-refractivity contribution is 5.86. The fourth-order valence-corrected chi connectivity index (χ4v) is 5.45. The van der Waals surface area contributed by atoms with E-state index < -0.39 is 0 Å². The number of amides is 1. The summed E-state index contributed by atoms with van der Waals surface area (Å²) in [6.45, 7) is 10.8. The monoisotopic (exact) mass is 517 g/mol. The SMILES string of the molecule is CCc1nc2ccccc2n1-c1nc(N2CCOCC2)c2nc(CN3CCNC(C(C)C)C3=O)n(C)c2n1. The van der Waals surface area contributed by atoms with Crippen molar-refractivity contribution >= 4 is 33.9 Å². The third-order valence-corrected chi connectivity index (χ3v) is 7.56. The van der Waals surface area contributed by atoms with Crippen molar-refractivity contribution in [1.29, 1.82) is 0 Å².